The van der Waals surface area contributed by atoms with Crippen LogP contribution in [0.3, 0.4) is 0 Å². The second-order valence-corrected chi connectivity index (χ2v) is 11.1. The van der Waals surface area contributed by atoms with Gasteiger partial charge in [0.1, 0.15) is 24.4 Å². The number of carboxylic acid groups (broad SMARTS) is 1. The van der Waals surface area contributed by atoms with Crippen LogP contribution in [0, 0.1) is 17.6 Å². The predicted molar refractivity (Wildman–Crippen MR) is 152 cm³/mol. The number of likely N-dealkylation sites (tertiary alicyclic amines) is 1. The summed E-state index contributed by atoms with van der Waals surface area (Å²) in [5.41, 5.74) is 1.87. The number of hydrogen-bond acceptors (Lipinski definition) is 8. The fraction of sp³-hybridized carbons (Fsp3) is 0.419. The lowest BCUT2D eigenvalue weighted by Crippen LogP contribution is -2.44. The highest BCUT2D eigenvalue weighted by Gasteiger charge is 2.29. The summed E-state index contributed by atoms with van der Waals surface area (Å²) in [4.78, 5) is 27.5. The lowest BCUT2D eigenvalue weighted by Gasteiger charge is -2.37. The van der Waals surface area contributed by atoms with Gasteiger partial charge in [-0.1, -0.05) is 0 Å². The average Bonchev–Trinajstić information content (AvgIpc) is 3.62. The summed E-state index contributed by atoms with van der Waals surface area (Å²) in [5.74, 6) is -0.498. The van der Waals surface area contributed by atoms with Crippen molar-refractivity contribution in [3.05, 3.63) is 77.5 Å². The van der Waals surface area contributed by atoms with Gasteiger partial charge in [0.2, 0.25) is 5.88 Å². The molecule has 43 heavy (non-hydrogen) atoms. The van der Waals surface area contributed by atoms with Gasteiger partial charge in [0, 0.05) is 50.0 Å². The van der Waals surface area contributed by atoms with Crippen molar-refractivity contribution in [2.45, 2.75) is 58.0 Å². The first kappa shape index (κ1) is 28.9. The van der Waals surface area contributed by atoms with Gasteiger partial charge in [-0.25, -0.2) is 23.5 Å². The summed E-state index contributed by atoms with van der Waals surface area (Å²) in [6.45, 7) is 5.65. The van der Waals surface area contributed by atoms with Crippen molar-refractivity contribution < 1.29 is 32.9 Å². The molecule has 2 aliphatic rings. The Morgan fingerprint density at radius 1 is 1.14 bits per heavy atom. The predicted octanol–water partition coefficient (Wildman–Crippen LogP) is 4.85. The molecule has 0 amide bonds. The van der Waals surface area contributed by atoms with Crippen LogP contribution in [-0.2, 0) is 24.4 Å². The number of benzene rings is 2. The summed E-state index contributed by atoms with van der Waals surface area (Å²) >= 11 is 0. The molecule has 0 spiro atoms. The number of aromatic nitrogens is 4. The van der Waals surface area contributed by atoms with E-state index < -0.39 is 17.6 Å². The Balaban J connectivity index is 1.10. The molecule has 2 aromatic carbocycles. The molecule has 0 saturated carbocycles. The molecule has 10 nitrogen and oxygen atoms in total. The minimum Gasteiger partial charge on any atom is -0.483 e. The van der Waals surface area contributed by atoms with Gasteiger partial charge in [0.25, 0.3) is 0 Å². The number of fused-ring (bicyclic) bond motifs is 1. The molecule has 2 saturated heterocycles. The second-order valence-electron chi connectivity index (χ2n) is 11.1. The van der Waals surface area contributed by atoms with Crippen LogP contribution in [0.1, 0.15) is 48.2 Å². The smallest absolute Gasteiger partial charge is 0.335 e. The van der Waals surface area contributed by atoms with E-state index in [9.17, 15) is 18.7 Å². The molecule has 4 aromatic rings. The molecule has 12 heteroatoms. The molecule has 4 heterocycles. The van der Waals surface area contributed by atoms with Crippen LogP contribution in [0.2, 0.25) is 0 Å². The number of carbonyl (C=O) groups is 1. The normalized spacial score (nSPS) is 20.9. The van der Waals surface area contributed by atoms with Crippen LogP contribution >= 0.6 is 0 Å². The number of ether oxygens (including phenoxy) is 3. The number of imidazole rings is 1. The van der Waals surface area contributed by atoms with Crippen LogP contribution in [-0.4, -0.2) is 67.4 Å². The van der Waals surface area contributed by atoms with Gasteiger partial charge in [0.05, 0.1) is 29.7 Å². The first-order valence-corrected chi connectivity index (χ1v) is 14.4. The molecule has 226 valence electrons. The van der Waals surface area contributed by atoms with E-state index in [0.29, 0.717) is 30.8 Å². The van der Waals surface area contributed by atoms with Crippen molar-refractivity contribution in [3.63, 3.8) is 0 Å². The zero-order valence-corrected chi connectivity index (χ0v) is 23.8. The molecular formula is C31H33F2N5O5. The summed E-state index contributed by atoms with van der Waals surface area (Å²) in [6, 6.07) is 10.1. The van der Waals surface area contributed by atoms with Crippen LogP contribution in [0.5, 0.6) is 11.6 Å². The summed E-state index contributed by atoms with van der Waals surface area (Å²) < 4.78 is 46.4. The maximum atomic E-state index is 13.9. The van der Waals surface area contributed by atoms with Gasteiger partial charge < -0.3 is 23.9 Å². The number of carboxylic acids is 1. The molecule has 0 radical (unpaired) electrons. The van der Waals surface area contributed by atoms with E-state index in [1.807, 2.05) is 0 Å². The number of nitrogens with zero attached hydrogens (tertiary/aromatic N) is 5. The zero-order valence-electron chi connectivity index (χ0n) is 23.8. The largest absolute Gasteiger partial charge is 0.483 e. The molecule has 0 bridgehead atoms. The Morgan fingerprint density at radius 3 is 2.79 bits per heavy atom. The Kier molecular flexibility index (Phi) is 8.48. The Morgan fingerprint density at radius 2 is 2.02 bits per heavy atom. The third-order valence-electron chi connectivity index (χ3n) is 8.07. The Hall–Kier alpha value is -4.16. The van der Waals surface area contributed by atoms with Crippen molar-refractivity contribution in [2.75, 3.05) is 19.8 Å². The van der Waals surface area contributed by atoms with Gasteiger partial charge in [-0.2, -0.15) is 4.98 Å². The van der Waals surface area contributed by atoms with Crippen LogP contribution < -0.4 is 9.47 Å². The Labute approximate surface area is 247 Å². The summed E-state index contributed by atoms with van der Waals surface area (Å²) in [6.07, 6.45) is 4.03. The van der Waals surface area contributed by atoms with Gasteiger partial charge in [-0.3, -0.25) is 4.90 Å². The highest BCUT2D eigenvalue weighted by atomic mass is 19.1. The number of halogens is 2. The third kappa shape index (κ3) is 6.75. The SMILES string of the molecule is C[C@H]1C[C@@H](Oc2ccnc(COc3ccc(F)cc3F)n2)CCN1Cc1nc2ccc(C(=O)O)cc2n1C[C@@H]1CCOC1. The van der Waals surface area contributed by atoms with Gasteiger partial charge in [-0.15, -0.1) is 0 Å². The van der Waals surface area contributed by atoms with Crippen molar-refractivity contribution in [1.82, 2.24) is 24.4 Å². The van der Waals surface area contributed by atoms with Crippen molar-refractivity contribution in [3.8, 4) is 11.6 Å². The molecular weight excluding hydrogens is 560 g/mol. The minimum absolute atomic E-state index is 0.0583. The second kappa shape index (κ2) is 12.6. The summed E-state index contributed by atoms with van der Waals surface area (Å²) in [7, 11) is 0. The van der Waals surface area contributed by atoms with Crippen molar-refractivity contribution >= 4 is 17.0 Å². The van der Waals surface area contributed by atoms with Crippen LogP contribution in [0.4, 0.5) is 8.78 Å². The number of aromatic carboxylic acids is 1. The molecule has 3 atom stereocenters. The summed E-state index contributed by atoms with van der Waals surface area (Å²) in [5, 5.41) is 9.55. The first-order chi connectivity index (χ1) is 20.8. The fourth-order valence-corrected chi connectivity index (χ4v) is 5.74. The van der Waals surface area contributed by atoms with E-state index >= 15 is 0 Å². The van der Waals surface area contributed by atoms with Gasteiger partial charge in [-0.05, 0) is 56.5 Å². The molecule has 2 fully saturated rings. The maximum Gasteiger partial charge on any atom is 0.335 e. The number of piperidine rings is 1. The quantitative estimate of drug-likeness (QED) is 0.276. The molecule has 1 N–H and O–H groups in total. The minimum atomic E-state index is -0.957. The van der Waals surface area contributed by atoms with Crippen molar-refractivity contribution in [2.24, 2.45) is 5.92 Å². The average molecular weight is 594 g/mol. The lowest BCUT2D eigenvalue weighted by atomic mass is 10.0. The standard InChI is InChI=1S/C31H33F2N5O5/c1-19-12-23(43-30-6-9-34-28(36-30)18-42-27-5-3-22(32)14-24(27)33)7-10-37(19)16-29-35-25-4-2-21(31(39)40)13-26(25)38(29)15-20-8-11-41-17-20/h2-6,9,13-14,19-20,23H,7-8,10-12,15-18H2,1H3,(H,39,40)/t19-,20-,23-/m0/s1. The van der Waals surface area contributed by atoms with E-state index in [0.717, 1.165) is 67.9 Å². The highest BCUT2D eigenvalue weighted by molar-refractivity contribution is 5.92. The lowest BCUT2D eigenvalue weighted by molar-refractivity contribution is 0.0534. The molecule has 0 aliphatic carbocycles. The van der Waals surface area contributed by atoms with Crippen LogP contribution in [0.25, 0.3) is 11.0 Å². The van der Waals surface area contributed by atoms with Crippen molar-refractivity contribution in [1.29, 1.82) is 0 Å². The molecule has 2 aromatic heterocycles. The Bertz CT molecular complexity index is 1610. The first-order valence-electron chi connectivity index (χ1n) is 14.4. The van der Waals surface area contributed by atoms with Gasteiger partial charge >= 0.3 is 5.97 Å². The zero-order chi connectivity index (χ0) is 29.9. The topological polar surface area (TPSA) is 112 Å². The highest BCUT2D eigenvalue weighted by Crippen LogP contribution is 2.27. The molecule has 0 unspecified atom stereocenters. The number of rotatable bonds is 10. The van der Waals surface area contributed by atoms with E-state index in [1.54, 1.807) is 30.5 Å². The number of hydrogen-bond donors (Lipinski definition) is 1. The molecule has 2 aliphatic heterocycles. The molecule has 6 rings (SSSR count). The van der Waals surface area contributed by atoms with Gasteiger partial charge in [0.15, 0.2) is 17.4 Å². The van der Waals surface area contributed by atoms with E-state index in [-0.39, 0.29) is 30.1 Å². The monoisotopic (exact) mass is 593 g/mol. The third-order valence-corrected chi connectivity index (χ3v) is 8.07. The fourth-order valence-electron chi connectivity index (χ4n) is 5.74. The van der Waals surface area contributed by atoms with Crippen LogP contribution in [0.15, 0.2) is 48.7 Å². The van der Waals surface area contributed by atoms with E-state index in [4.69, 9.17) is 19.2 Å². The maximum absolute atomic E-state index is 13.9. The van der Waals surface area contributed by atoms with E-state index in [1.165, 1.54) is 6.07 Å². The van der Waals surface area contributed by atoms with E-state index in [2.05, 4.69) is 26.4 Å².